The lowest BCUT2D eigenvalue weighted by atomic mass is 10.1. The van der Waals surface area contributed by atoms with Gasteiger partial charge in [-0.15, -0.1) is 0 Å². The van der Waals surface area contributed by atoms with Gasteiger partial charge in [0, 0.05) is 25.3 Å². The summed E-state index contributed by atoms with van der Waals surface area (Å²) in [6.07, 6.45) is 1.78. The molecular weight excluding hydrogens is 204 g/mol. The van der Waals surface area contributed by atoms with E-state index in [2.05, 4.69) is 15.7 Å². The first-order chi connectivity index (χ1) is 7.66. The highest BCUT2D eigenvalue weighted by atomic mass is 16.2. The molecule has 0 bridgehead atoms. The predicted molar refractivity (Wildman–Crippen MR) is 60.7 cm³/mol. The van der Waals surface area contributed by atoms with Crippen molar-refractivity contribution in [3.8, 4) is 0 Å². The molecule has 0 radical (unpaired) electrons. The van der Waals surface area contributed by atoms with Crippen molar-refractivity contribution in [1.82, 2.24) is 20.4 Å². The molecule has 1 aromatic rings. The third-order valence-corrected chi connectivity index (χ3v) is 2.70. The highest BCUT2D eigenvalue weighted by Crippen LogP contribution is 2.09. The second-order valence-corrected chi connectivity index (χ2v) is 4.50. The SMILES string of the molecule is CC(C)NC(=O)[C@H]1CNCc2ccnn2C1. The number of amides is 1. The zero-order valence-electron chi connectivity index (χ0n) is 9.73. The minimum Gasteiger partial charge on any atom is -0.354 e. The van der Waals surface area contributed by atoms with E-state index < -0.39 is 0 Å². The highest BCUT2D eigenvalue weighted by Gasteiger charge is 2.23. The van der Waals surface area contributed by atoms with E-state index in [9.17, 15) is 4.79 Å². The number of nitrogens with zero attached hydrogens (tertiary/aromatic N) is 2. The van der Waals surface area contributed by atoms with Crippen LogP contribution in [0.15, 0.2) is 12.3 Å². The smallest absolute Gasteiger partial charge is 0.226 e. The molecule has 0 fully saturated rings. The Labute approximate surface area is 95.2 Å². The van der Waals surface area contributed by atoms with Crippen LogP contribution in [0.3, 0.4) is 0 Å². The topological polar surface area (TPSA) is 59.0 Å². The van der Waals surface area contributed by atoms with Gasteiger partial charge in [-0.3, -0.25) is 9.48 Å². The van der Waals surface area contributed by atoms with Crippen LogP contribution in [-0.2, 0) is 17.9 Å². The second-order valence-electron chi connectivity index (χ2n) is 4.50. The van der Waals surface area contributed by atoms with Gasteiger partial charge in [0.15, 0.2) is 0 Å². The summed E-state index contributed by atoms with van der Waals surface area (Å²) in [4.78, 5) is 11.9. The molecule has 0 spiro atoms. The van der Waals surface area contributed by atoms with E-state index in [4.69, 9.17) is 0 Å². The first-order valence-electron chi connectivity index (χ1n) is 5.68. The van der Waals surface area contributed by atoms with Crippen LogP contribution >= 0.6 is 0 Å². The average Bonchev–Trinajstić information content (AvgIpc) is 2.54. The fraction of sp³-hybridized carbons (Fsp3) is 0.636. The van der Waals surface area contributed by atoms with Crippen LogP contribution in [0, 0.1) is 5.92 Å². The van der Waals surface area contributed by atoms with Crippen molar-refractivity contribution >= 4 is 5.91 Å². The molecule has 5 nitrogen and oxygen atoms in total. The van der Waals surface area contributed by atoms with Crippen molar-refractivity contribution in [3.05, 3.63) is 18.0 Å². The lowest BCUT2D eigenvalue weighted by molar-refractivity contribution is -0.125. The first-order valence-corrected chi connectivity index (χ1v) is 5.68. The third-order valence-electron chi connectivity index (χ3n) is 2.70. The molecule has 5 heteroatoms. The minimum absolute atomic E-state index is 0.0384. The van der Waals surface area contributed by atoms with Gasteiger partial charge >= 0.3 is 0 Å². The van der Waals surface area contributed by atoms with E-state index in [1.807, 2.05) is 24.6 Å². The summed E-state index contributed by atoms with van der Waals surface area (Å²) < 4.78 is 1.91. The molecule has 1 amide bonds. The Bertz CT molecular complexity index is 372. The maximum Gasteiger partial charge on any atom is 0.226 e. The van der Waals surface area contributed by atoms with Crippen LogP contribution in [0.25, 0.3) is 0 Å². The summed E-state index contributed by atoms with van der Waals surface area (Å²) in [6, 6.07) is 2.17. The number of fused-ring (bicyclic) bond motifs is 1. The maximum atomic E-state index is 11.9. The molecule has 1 atom stereocenters. The summed E-state index contributed by atoms with van der Waals surface area (Å²) in [5.74, 6) is 0.0643. The predicted octanol–water partition coefficient (Wildman–Crippen LogP) is 0.127. The van der Waals surface area contributed by atoms with E-state index in [1.54, 1.807) is 6.20 Å². The molecule has 88 valence electrons. The van der Waals surface area contributed by atoms with Crippen molar-refractivity contribution < 1.29 is 4.79 Å². The van der Waals surface area contributed by atoms with Crippen LogP contribution in [0.1, 0.15) is 19.5 Å². The molecule has 2 N–H and O–H groups in total. The fourth-order valence-electron chi connectivity index (χ4n) is 1.90. The van der Waals surface area contributed by atoms with Crippen LogP contribution in [0.4, 0.5) is 0 Å². The third kappa shape index (κ3) is 2.41. The van der Waals surface area contributed by atoms with Crippen molar-refractivity contribution in [2.24, 2.45) is 5.92 Å². The Morgan fingerprint density at radius 3 is 3.25 bits per heavy atom. The van der Waals surface area contributed by atoms with Gasteiger partial charge in [0.2, 0.25) is 5.91 Å². The fourth-order valence-corrected chi connectivity index (χ4v) is 1.90. The monoisotopic (exact) mass is 222 g/mol. The van der Waals surface area contributed by atoms with Gasteiger partial charge < -0.3 is 10.6 Å². The summed E-state index contributed by atoms with van der Waals surface area (Å²) in [5.41, 5.74) is 1.14. The van der Waals surface area contributed by atoms with Crippen LogP contribution in [0.5, 0.6) is 0 Å². The van der Waals surface area contributed by atoms with Crippen molar-refractivity contribution in [2.75, 3.05) is 6.54 Å². The van der Waals surface area contributed by atoms with Gasteiger partial charge in [-0.25, -0.2) is 0 Å². The summed E-state index contributed by atoms with van der Waals surface area (Å²) in [6.45, 7) is 6.10. The molecule has 0 saturated heterocycles. The molecule has 2 heterocycles. The number of hydrogen-bond donors (Lipinski definition) is 2. The van der Waals surface area contributed by atoms with E-state index in [1.165, 1.54) is 0 Å². The second kappa shape index (κ2) is 4.65. The van der Waals surface area contributed by atoms with Gasteiger partial charge in [-0.1, -0.05) is 0 Å². The Morgan fingerprint density at radius 2 is 2.50 bits per heavy atom. The summed E-state index contributed by atoms with van der Waals surface area (Å²) in [7, 11) is 0. The van der Waals surface area contributed by atoms with Crippen molar-refractivity contribution in [2.45, 2.75) is 33.0 Å². The standard InChI is InChI=1S/C11H18N4O/c1-8(2)14-11(16)9-5-12-6-10-3-4-13-15(10)7-9/h3-4,8-9,12H,5-7H2,1-2H3,(H,14,16)/t9-/m0/s1. The van der Waals surface area contributed by atoms with Crippen molar-refractivity contribution in [3.63, 3.8) is 0 Å². The number of hydrogen-bond acceptors (Lipinski definition) is 3. The zero-order valence-corrected chi connectivity index (χ0v) is 9.73. The van der Waals surface area contributed by atoms with Crippen LogP contribution in [-0.4, -0.2) is 28.3 Å². The Balaban J connectivity index is 2.05. The lowest BCUT2D eigenvalue weighted by Crippen LogP contribution is -2.40. The molecule has 0 aromatic carbocycles. The Kier molecular flexibility index (Phi) is 3.24. The lowest BCUT2D eigenvalue weighted by Gasteiger charge is -2.16. The Hall–Kier alpha value is -1.36. The summed E-state index contributed by atoms with van der Waals surface area (Å²) in [5, 5.41) is 10.4. The average molecular weight is 222 g/mol. The molecule has 1 aromatic heterocycles. The molecular formula is C11H18N4O. The van der Waals surface area contributed by atoms with E-state index in [0.717, 1.165) is 12.2 Å². The number of rotatable bonds is 2. The zero-order chi connectivity index (χ0) is 11.5. The maximum absolute atomic E-state index is 11.9. The largest absolute Gasteiger partial charge is 0.354 e. The first kappa shape index (κ1) is 11.1. The van der Waals surface area contributed by atoms with Gasteiger partial charge in [-0.2, -0.15) is 5.10 Å². The normalized spacial score (nSPS) is 20.3. The van der Waals surface area contributed by atoms with Gasteiger partial charge in [0.05, 0.1) is 18.2 Å². The summed E-state index contributed by atoms with van der Waals surface area (Å²) >= 11 is 0. The van der Waals surface area contributed by atoms with Gasteiger partial charge in [-0.05, 0) is 19.9 Å². The number of aromatic nitrogens is 2. The molecule has 0 unspecified atom stereocenters. The quantitative estimate of drug-likeness (QED) is 0.747. The van der Waals surface area contributed by atoms with E-state index in [-0.39, 0.29) is 17.9 Å². The van der Waals surface area contributed by atoms with Crippen LogP contribution < -0.4 is 10.6 Å². The van der Waals surface area contributed by atoms with Crippen LogP contribution in [0.2, 0.25) is 0 Å². The Morgan fingerprint density at radius 1 is 1.69 bits per heavy atom. The minimum atomic E-state index is -0.0384. The van der Waals surface area contributed by atoms with E-state index >= 15 is 0 Å². The van der Waals surface area contributed by atoms with Crippen molar-refractivity contribution in [1.29, 1.82) is 0 Å². The molecule has 0 saturated carbocycles. The number of carbonyl (C=O) groups excluding carboxylic acids is 1. The number of carbonyl (C=O) groups is 1. The number of nitrogens with one attached hydrogen (secondary N) is 2. The molecule has 0 aliphatic carbocycles. The highest BCUT2D eigenvalue weighted by molar-refractivity contribution is 5.79. The molecule has 1 aliphatic rings. The molecule has 2 rings (SSSR count). The van der Waals surface area contributed by atoms with E-state index in [0.29, 0.717) is 13.1 Å². The molecule has 16 heavy (non-hydrogen) atoms. The van der Waals surface area contributed by atoms with Gasteiger partial charge in [0.1, 0.15) is 0 Å². The molecule has 1 aliphatic heterocycles. The van der Waals surface area contributed by atoms with Gasteiger partial charge in [0.25, 0.3) is 0 Å².